The van der Waals surface area contributed by atoms with Crippen LogP contribution in [0.15, 0.2) is 66.8 Å². The van der Waals surface area contributed by atoms with Crippen LogP contribution in [0.5, 0.6) is 0 Å². The summed E-state index contributed by atoms with van der Waals surface area (Å²) >= 11 is 0. The molecule has 1 aromatic rings. The molecule has 1 saturated carbocycles. The number of hydrogen-bond acceptors (Lipinski definition) is 3. The fourth-order valence-corrected chi connectivity index (χ4v) is 3.61. The van der Waals surface area contributed by atoms with Gasteiger partial charge in [-0.3, -0.25) is 0 Å². The summed E-state index contributed by atoms with van der Waals surface area (Å²) in [5, 5.41) is 3.34. The summed E-state index contributed by atoms with van der Waals surface area (Å²) in [5.74, 6) is -0.178. The molecule has 0 aromatic heterocycles. The Bertz CT molecular complexity index is 725. The Labute approximate surface area is 160 Å². The fraction of sp³-hybridized carbons (Fsp3) is 0.409. The highest BCUT2D eigenvalue weighted by atomic mass is 19.1. The van der Waals surface area contributed by atoms with Gasteiger partial charge in [0.15, 0.2) is 0 Å². The number of amides is 1. The molecule has 1 aliphatic carbocycles. The van der Waals surface area contributed by atoms with Crippen LogP contribution in [-0.4, -0.2) is 43.3 Å². The van der Waals surface area contributed by atoms with Gasteiger partial charge in [0.1, 0.15) is 11.9 Å². The van der Waals surface area contributed by atoms with Crippen LogP contribution in [0.25, 0.3) is 0 Å². The Morgan fingerprint density at radius 1 is 1.22 bits per heavy atom. The Morgan fingerprint density at radius 2 is 1.93 bits per heavy atom. The molecule has 1 aromatic carbocycles. The van der Waals surface area contributed by atoms with Crippen LogP contribution in [0, 0.1) is 11.2 Å². The zero-order valence-electron chi connectivity index (χ0n) is 15.6. The van der Waals surface area contributed by atoms with Gasteiger partial charge in [-0.05, 0) is 42.5 Å². The summed E-state index contributed by atoms with van der Waals surface area (Å²) in [4.78, 5) is 14.1. The number of halogens is 1. The molecule has 3 aliphatic rings. The predicted octanol–water partition coefficient (Wildman–Crippen LogP) is 4.08. The van der Waals surface area contributed by atoms with Crippen LogP contribution in [0.3, 0.4) is 0 Å². The SMILES string of the molecule is C=CC1=C(C=C)CN(C(=O)OC2CNCC23CC3)CC1.Fc1ccccc1. The van der Waals surface area contributed by atoms with Gasteiger partial charge in [-0.25, -0.2) is 9.18 Å². The first-order chi connectivity index (χ1) is 13.1. The van der Waals surface area contributed by atoms with Crippen molar-refractivity contribution < 1.29 is 13.9 Å². The van der Waals surface area contributed by atoms with Gasteiger partial charge < -0.3 is 15.0 Å². The van der Waals surface area contributed by atoms with E-state index in [0.717, 1.165) is 25.1 Å². The summed E-state index contributed by atoms with van der Waals surface area (Å²) in [6.07, 6.45) is 6.72. The summed E-state index contributed by atoms with van der Waals surface area (Å²) in [6.45, 7) is 10.7. The number of carbonyl (C=O) groups excluding carboxylic acids is 1. The Morgan fingerprint density at radius 3 is 2.48 bits per heavy atom. The minimum absolute atomic E-state index is 0.0481. The summed E-state index contributed by atoms with van der Waals surface area (Å²) in [6, 6.07) is 7.94. The molecule has 1 N–H and O–H groups in total. The van der Waals surface area contributed by atoms with Crippen molar-refractivity contribution >= 4 is 6.09 Å². The molecule has 0 bridgehead atoms. The van der Waals surface area contributed by atoms with Gasteiger partial charge in [0.25, 0.3) is 0 Å². The third-order valence-corrected chi connectivity index (χ3v) is 5.53. The summed E-state index contributed by atoms with van der Waals surface area (Å²) in [7, 11) is 0. The standard InChI is InChI=1S/C16H22N2O2.C6H5F/c1-3-12-5-8-18(10-13(12)4-2)15(19)20-14-9-17-11-16(14)6-7-16;7-6-4-2-1-3-5-6/h3-4,14,17H,1-2,5-11H2;1-5H. The first-order valence-electron chi connectivity index (χ1n) is 9.42. The molecule has 0 radical (unpaired) electrons. The van der Waals surface area contributed by atoms with E-state index >= 15 is 0 Å². The lowest BCUT2D eigenvalue weighted by atomic mass is 10.0. The van der Waals surface area contributed by atoms with Crippen LogP contribution < -0.4 is 5.32 Å². The van der Waals surface area contributed by atoms with E-state index in [1.165, 1.54) is 30.5 Å². The maximum Gasteiger partial charge on any atom is 0.410 e. The quantitative estimate of drug-likeness (QED) is 0.872. The number of rotatable bonds is 3. The van der Waals surface area contributed by atoms with Gasteiger partial charge in [-0.1, -0.05) is 43.5 Å². The van der Waals surface area contributed by atoms with Gasteiger partial charge in [0.05, 0.1) is 0 Å². The maximum absolute atomic E-state index is 12.3. The number of allylic oxidation sites excluding steroid dienone is 1. The van der Waals surface area contributed by atoms with Crippen molar-refractivity contribution in [3.8, 4) is 0 Å². The first-order valence-corrected chi connectivity index (χ1v) is 9.42. The van der Waals surface area contributed by atoms with Gasteiger partial charge >= 0.3 is 6.09 Å². The van der Waals surface area contributed by atoms with E-state index in [-0.39, 0.29) is 23.4 Å². The van der Waals surface area contributed by atoms with E-state index in [4.69, 9.17) is 4.74 Å². The average molecular weight is 370 g/mol. The van der Waals surface area contributed by atoms with E-state index in [9.17, 15) is 9.18 Å². The molecule has 2 aliphatic heterocycles. The van der Waals surface area contributed by atoms with Crippen molar-refractivity contribution in [1.29, 1.82) is 0 Å². The predicted molar refractivity (Wildman–Crippen MR) is 105 cm³/mol. The fourth-order valence-electron chi connectivity index (χ4n) is 3.61. The molecular formula is C22H27FN2O2. The number of benzene rings is 1. The number of hydrogen-bond donors (Lipinski definition) is 1. The summed E-state index contributed by atoms with van der Waals surface area (Å²) in [5.41, 5.74) is 2.51. The zero-order valence-corrected chi connectivity index (χ0v) is 15.6. The molecule has 1 saturated heterocycles. The minimum atomic E-state index is -0.188. The van der Waals surface area contributed by atoms with E-state index in [1.807, 2.05) is 12.2 Å². The van der Waals surface area contributed by atoms with Gasteiger partial charge in [-0.2, -0.15) is 0 Å². The van der Waals surface area contributed by atoms with Crippen LogP contribution in [-0.2, 0) is 4.74 Å². The number of carbonyl (C=O) groups is 1. The van der Waals surface area contributed by atoms with Gasteiger partial charge in [0, 0.05) is 31.6 Å². The first kappa shape index (κ1) is 19.4. The van der Waals surface area contributed by atoms with Crippen LogP contribution >= 0.6 is 0 Å². The monoisotopic (exact) mass is 370 g/mol. The average Bonchev–Trinajstić information content (AvgIpc) is 3.38. The van der Waals surface area contributed by atoms with E-state index in [2.05, 4.69) is 18.5 Å². The molecule has 1 spiro atoms. The Kier molecular flexibility index (Phi) is 6.11. The van der Waals surface area contributed by atoms with E-state index < -0.39 is 0 Å². The highest BCUT2D eigenvalue weighted by molar-refractivity contribution is 5.69. The van der Waals surface area contributed by atoms with Crippen LogP contribution in [0.4, 0.5) is 9.18 Å². The molecule has 4 nitrogen and oxygen atoms in total. The summed E-state index contributed by atoms with van der Waals surface area (Å²) < 4.78 is 17.6. The van der Waals surface area contributed by atoms with Crippen molar-refractivity contribution in [3.05, 3.63) is 72.6 Å². The molecule has 4 rings (SSSR count). The third kappa shape index (κ3) is 4.66. The third-order valence-electron chi connectivity index (χ3n) is 5.53. The molecule has 27 heavy (non-hydrogen) atoms. The van der Waals surface area contributed by atoms with Crippen molar-refractivity contribution in [3.63, 3.8) is 0 Å². The van der Waals surface area contributed by atoms with Crippen molar-refractivity contribution in [2.45, 2.75) is 25.4 Å². The molecule has 2 heterocycles. The van der Waals surface area contributed by atoms with Gasteiger partial charge in [0.2, 0.25) is 0 Å². The van der Waals surface area contributed by atoms with Crippen molar-refractivity contribution in [1.82, 2.24) is 10.2 Å². The van der Waals surface area contributed by atoms with Crippen molar-refractivity contribution in [2.24, 2.45) is 5.41 Å². The second-order valence-electron chi connectivity index (χ2n) is 7.29. The molecule has 144 valence electrons. The topological polar surface area (TPSA) is 41.6 Å². The maximum atomic E-state index is 12.3. The number of nitrogens with one attached hydrogen (secondary N) is 1. The van der Waals surface area contributed by atoms with E-state index in [0.29, 0.717) is 13.1 Å². The molecule has 2 fully saturated rings. The Balaban J connectivity index is 0.000000253. The number of ether oxygens (including phenoxy) is 1. The number of nitrogens with zero attached hydrogens (tertiary/aromatic N) is 1. The van der Waals surface area contributed by atoms with Crippen LogP contribution in [0.2, 0.25) is 0 Å². The highest BCUT2D eigenvalue weighted by Crippen LogP contribution is 2.51. The zero-order chi connectivity index (χ0) is 19.3. The lowest BCUT2D eigenvalue weighted by molar-refractivity contribution is 0.0480. The molecule has 1 atom stereocenters. The smallest absolute Gasteiger partial charge is 0.410 e. The van der Waals surface area contributed by atoms with E-state index in [1.54, 1.807) is 23.1 Å². The lowest BCUT2D eigenvalue weighted by Gasteiger charge is -2.30. The second-order valence-corrected chi connectivity index (χ2v) is 7.29. The van der Waals surface area contributed by atoms with Crippen LogP contribution in [0.1, 0.15) is 19.3 Å². The molecular weight excluding hydrogens is 343 g/mol. The lowest BCUT2D eigenvalue weighted by Crippen LogP contribution is -2.40. The minimum Gasteiger partial charge on any atom is -0.444 e. The van der Waals surface area contributed by atoms with Gasteiger partial charge in [-0.15, -0.1) is 0 Å². The Hall–Kier alpha value is -2.40. The molecule has 5 heteroatoms. The van der Waals surface area contributed by atoms with Crippen molar-refractivity contribution in [2.75, 3.05) is 26.2 Å². The largest absolute Gasteiger partial charge is 0.444 e. The second kappa shape index (κ2) is 8.53. The normalized spacial score (nSPS) is 22.7. The molecule has 1 unspecified atom stereocenters. The highest BCUT2D eigenvalue weighted by Gasteiger charge is 2.54. The molecule has 1 amide bonds.